The Balaban J connectivity index is 1.44. The van der Waals surface area contributed by atoms with Crippen LogP contribution in [0.4, 0.5) is 0 Å². The van der Waals surface area contributed by atoms with E-state index < -0.39 is 0 Å². The summed E-state index contributed by atoms with van der Waals surface area (Å²) in [5.74, 6) is 1.30. The van der Waals surface area contributed by atoms with E-state index in [1.807, 2.05) is 36.4 Å². The van der Waals surface area contributed by atoms with Gasteiger partial charge in [-0.15, -0.1) is 0 Å². The highest BCUT2D eigenvalue weighted by Gasteiger charge is 2.15. The van der Waals surface area contributed by atoms with Crippen molar-refractivity contribution in [3.63, 3.8) is 0 Å². The lowest BCUT2D eigenvalue weighted by atomic mass is 10.1. The summed E-state index contributed by atoms with van der Waals surface area (Å²) in [5, 5.41) is 0. The summed E-state index contributed by atoms with van der Waals surface area (Å²) >= 11 is 0. The molecule has 0 saturated carbocycles. The van der Waals surface area contributed by atoms with Crippen LogP contribution in [-0.4, -0.2) is 31.3 Å². The number of hydrogen-bond acceptors (Lipinski definition) is 5. The van der Waals surface area contributed by atoms with Crippen LogP contribution in [0.5, 0.6) is 11.5 Å². The average molecular weight is 418 g/mol. The highest BCUT2D eigenvalue weighted by atomic mass is 16.7. The molecule has 5 nitrogen and oxygen atoms in total. The third kappa shape index (κ3) is 5.64. The van der Waals surface area contributed by atoms with Gasteiger partial charge in [0.05, 0.1) is 12.7 Å². The first kappa shape index (κ1) is 20.9. The molecule has 31 heavy (non-hydrogen) atoms. The Morgan fingerprint density at radius 3 is 2.35 bits per heavy atom. The van der Waals surface area contributed by atoms with E-state index in [0.717, 1.165) is 49.5 Å². The molecule has 0 fully saturated rings. The normalized spacial score (nSPS) is 12.2. The largest absolute Gasteiger partial charge is 0.465 e. The van der Waals surface area contributed by atoms with Crippen LogP contribution in [0.1, 0.15) is 33.5 Å². The molecule has 3 aromatic carbocycles. The zero-order valence-electron chi connectivity index (χ0n) is 17.8. The van der Waals surface area contributed by atoms with Gasteiger partial charge in [0.2, 0.25) is 6.79 Å². The van der Waals surface area contributed by atoms with Gasteiger partial charge in [0.25, 0.3) is 0 Å². The molecule has 1 aliphatic heterocycles. The fourth-order valence-corrected chi connectivity index (χ4v) is 3.79. The van der Waals surface area contributed by atoms with E-state index in [2.05, 4.69) is 41.3 Å². The zero-order chi connectivity index (χ0) is 21.5. The molecular formula is C26H27NO4. The van der Waals surface area contributed by atoms with Gasteiger partial charge in [-0.25, -0.2) is 4.79 Å². The molecule has 0 N–H and O–H groups in total. The first-order valence-electron chi connectivity index (χ1n) is 10.5. The molecule has 0 unspecified atom stereocenters. The molecular weight excluding hydrogens is 390 g/mol. The SMILES string of the molecule is COC(=O)c1ccc(CN(CCCc2ccccc2)Cc2ccc3c(c2)OCO3)cc1. The predicted octanol–water partition coefficient (Wildman–Crippen LogP) is 4.84. The van der Waals surface area contributed by atoms with Gasteiger partial charge in [-0.3, -0.25) is 4.90 Å². The van der Waals surface area contributed by atoms with Gasteiger partial charge in [-0.1, -0.05) is 48.5 Å². The summed E-state index contributed by atoms with van der Waals surface area (Å²) in [6.07, 6.45) is 2.11. The molecule has 0 atom stereocenters. The molecule has 0 aliphatic carbocycles. The second-order valence-electron chi connectivity index (χ2n) is 7.68. The summed E-state index contributed by atoms with van der Waals surface area (Å²) in [6, 6.07) is 24.3. The van der Waals surface area contributed by atoms with E-state index in [-0.39, 0.29) is 12.8 Å². The predicted molar refractivity (Wildman–Crippen MR) is 119 cm³/mol. The third-order valence-corrected chi connectivity index (χ3v) is 5.41. The van der Waals surface area contributed by atoms with Crippen molar-refractivity contribution in [2.75, 3.05) is 20.4 Å². The molecule has 160 valence electrons. The Kier molecular flexibility index (Phi) is 6.85. The van der Waals surface area contributed by atoms with Crippen LogP contribution in [-0.2, 0) is 24.2 Å². The number of esters is 1. The highest BCUT2D eigenvalue weighted by molar-refractivity contribution is 5.89. The monoisotopic (exact) mass is 417 g/mol. The second kappa shape index (κ2) is 10.1. The van der Waals surface area contributed by atoms with Crippen LogP contribution < -0.4 is 9.47 Å². The average Bonchev–Trinajstić information content (AvgIpc) is 3.27. The van der Waals surface area contributed by atoms with Crippen molar-refractivity contribution in [3.05, 3.63) is 95.1 Å². The summed E-state index contributed by atoms with van der Waals surface area (Å²) in [4.78, 5) is 14.1. The molecule has 0 amide bonds. The summed E-state index contributed by atoms with van der Waals surface area (Å²) < 4.78 is 15.8. The fraction of sp³-hybridized carbons (Fsp3) is 0.269. The molecule has 0 saturated heterocycles. The lowest BCUT2D eigenvalue weighted by Gasteiger charge is -2.23. The summed E-state index contributed by atoms with van der Waals surface area (Å²) in [6.45, 7) is 2.85. The van der Waals surface area contributed by atoms with Crippen molar-refractivity contribution in [1.82, 2.24) is 4.90 Å². The highest BCUT2D eigenvalue weighted by Crippen LogP contribution is 2.33. The van der Waals surface area contributed by atoms with Crippen molar-refractivity contribution in [3.8, 4) is 11.5 Å². The molecule has 5 heteroatoms. The molecule has 0 radical (unpaired) electrons. The summed E-state index contributed by atoms with van der Waals surface area (Å²) in [7, 11) is 1.40. The van der Waals surface area contributed by atoms with Gasteiger partial charge in [-0.2, -0.15) is 0 Å². The van der Waals surface area contributed by atoms with Gasteiger partial charge in [-0.05, 0) is 60.3 Å². The second-order valence-corrected chi connectivity index (χ2v) is 7.68. The van der Waals surface area contributed by atoms with E-state index in [4.69, 9.17) is 14.2 Å². The van der Waals surface area contributed by atoms with Gasteiger partial charge in [0.1, 0.15) is 0 Å². The maximum atomic E-state index is 11.7. The minimum atomic E-state index is -0.313. The van der Waals surface area contributed by atoms with E-state index in [1.165, 1.54) is 18.2 Å². The number of benzene rings is 3. The van der Waals surface area contributed by atoms with Gasteiger partial charge in [0.15, 0.2) is 11.5 Å². The van der Waals surface area contributed by atoms with Crippen LogP contribution in [0.25, 0.3) is 0 Å². The van der Waals surface area contributed by atoms with Crippen molar-refractivity contribution < 1.29 is 19.0 Å². The van der Waals surface area contributed by atoms with E-state index in [0.29, 0.717) is 5.56 Å². The molecule has 0 bridgehead atoms. The van der Waals surface area contributed by atoms with Gasteiger partial charge >= 0.3 is 5.97 Å². The van der Waals surface area contributed by atoms with E-state index in [9.17, 15) is 4.79 Å². The van der Waals surface area contributed by atoms with Crippen LogP contribution in [0.2, 0.25) is 0 Å². The van der Waals surface area contributed by atoms with Crippen molar-refractivity contribution >= 4 is 5.97 Å². The minimum absolute atomic E-state index is 0.284. The number of ether oxygens (including phenoxy) is 3. The van der Waals surface area contributed by atoms with Crippen LogP contribution in [0.3, 0.4) is 0 Å². The van der Waals surface area contributed by atoms with Crippen molar-refractivity contribution in [2.45, 2.75) is 25.9 Å². The van der Waals surface area contributed by atoms with Crippen LogP contribution in [0.15, 0.2) is 72.8 Å². The first-order valence-corrected chi connectivity index (χ1v) is 10.5. The van der Waals surface area contributed by atoms with Gasteiger partial charge in [0, 0.05) is 13.1 Å². The van der Waals surface area contributed by atoms with Crippen LogP contribution in [0, 0.1) is 0 Å². The van der Waals surface area contributed by atoms with Crippen LogP contribution >= 0.6 is 0 Å². The number of fused-ring (bicyclic) bond motifs is 1. The van der Waals surface area contributed by atoms with Crippen molar-refractivity contribution in [2.24, 2.45) is 0 Å². The quantitative estimate of drug-likeness (QED) is 0.467. The minimum Gasteiger partial charge on any atom is -0.465 e. The molecule has 0 aromatic heterocycles. The number of nitrogens with zero attached hydrogens (tertiary/aromatic N) is 1. The molecule has 1 aliphatic rings. The Labute approximate surface area is 183 Å². The van der Waals surface area contributed by atoms with Crippen molar-refractivity contribution in [1.29, 1.82) is 0 Å². The number of carbonyl (C=O) groups excluding carboxylic acids is 1. The lowest BCUT2D eigenvalue weighted by Crippen LogP contribution is -2.24. The molecule has 0 spiro atoms. The first-order chi connectivity index (χ1) is 15.2. The maximum Gasteiger partial charge on any atom is 0.337 e. The van der Waals surface area contributed by atoms with Gasteiger partial charge < -0.3 is 14.2 Å². The fourth-order valence-electron chi connectivity index (χ4n) is 3.79. The smallest absolute Gasteiger partial charge is 0.337 e. The number of methoxy groups -OCH3 is 1. The molecule has 1 heterocycles. The van der Waals surface area contributed by atoms with E-state index in [1.54, 1.807) is 0 Å². The number of carbonyl (C=O) groups is 1. The number of aryl methyl sites for hydroxylation is 1. The Morgan fingerprint density at radius 2 is 1.58 bits per heavy atom. The number of rotatable bonds is 9. The topological polar surface area (TPSA) is 48.0 Å². The standard InChI is InChI=1S/C26H27NO4/c1-29-26(28)23-12-9-21(10-13-23)17-27(15-5-8-20-6-3-2-4-7-20)18-22-11-14-24-25(16-22)31-19-30-24/h2-4,6-7,9-14,16H,5,8,15,17-19H2,1H3. The third-order valence-electron chi connectivity index (χ3n) is 5.41. The van der Waals surface area contributed by atoms with E-state index >= 15 is 0 Å². The molecule has 3 aromatic rings. The summed E-state index contributed by atoms with van der Waals surface area (Å²) in [5.41, 5.74) is 4.27. The Hall–Kier alpha value is -3.31. The Bertz CT molecular complexity index is 1000. The number of hydrogen-bond donors (Lipinski definition) is 0. The Morgan fingerprint density at radius 1 is 0.871 bits per heavy atom. The molecule has 4 rings (SSSR count). The lowest BCUT2D eigenvalue weighted by molar-refractivity contribution is 0.0600. The maximum absolute atomic E-state index is 11.7. The zero-order valence-corrected chi connectivity index (χ0v) is 17.8.